The number of carbonyl (C=O) groups excluding carboxylic acids is 2. The summed E-state index contributed by atoms with van der Waals surface area (Å²) in [4.78, 5) is 24.7. The molecule has 3 rings (SSSR count). The van der Waals surface area contributed by atoms with E-state index in [0.717, 1.165) is 22.5 Å². The van der Waals surface area contributed by atoms with Crippen molar-refractivity contribution in [1.29, 1.82) is 0 Å². The number of carbonyl (C=O) groups is 2. The van der Waals surface area contributed by atoms with Crippen LogP contribution in [-0.4, -0.2) is 21.5 Å². The van der Waals surface area contributed by atoms with Gasteiger partial charge >= 0.3 is 0 Å². The van der Waals surface area contributed by atoms with Crippen LogP contribution in [-0.2, 0) is 4.79 Å². The zero-order chi connectivity index (χ0) is 19.4. The molecule has 138 valence electrons. The van der Waals surface area contributed by atoms with Gasteiger partial charge in [-0.05, 0) is 50.1 Å². The third-order valence-electron chi connectivity index (χ3n) is 4.51. The fourth-order valence-electron chi connectivity index (χ4n) is 2.85. The first kappa shape index (κ1) is 18.6. The minimum absolute atomic E-state index is 0.0269. The normalized spacial score (nSPS) is 10.6. The summed E-state index contributed by atoms with van der Waals surface area (Å²) in [5.74, 6) is 0.368. The number of benzene rings is 2. The average Bonchev–Trinajstić information content (AvgIpc) is 3.02. The molecule has 1 heterocycles. The summed E-state index contributed by atoms with van der Waals surface area (Å²) < 4.78 is 1.69. The summed E-state index contributed by atoms with van der Waals surface area (Å²) in [6, 6.07) is 17.0. The van der Waals surface area contributed by atoms with Crippen LogP contribution >= 0.6 is 0 Å². The lowest BCUT2D eigenvalue weighted by Gasteiger charge is -2.09. The molecule has 3 aromatic rings. The van der Waals surface area contributed by atoms with Crippen LogP contribution in [0.5, 0.6) is 0 Å². The van der Waals surface area contributed by atoms with Crippen molar-refractivity contribution in [2.24, 2.45) is 0 Å². The van der Waals surface area contributed by atoms with Gasteiger partial charge in [0.2, 0.25) is 5.91 Å². The zero-order valence-electron chi connectivity index (χ0n) is 15.8. The Labute approximate surface area is 159 Å². The van der Waals surface area contributed by atoms with Gasteiger partial charge < -0.3 is 5.32 Å². The third kappa shape index (κ3) is 4.50. The van der Waals surface area contributed by atoms with Gasteiger partial charge in [-0.1, -0.05) is 30.3 Å². The van der Waals surface area contributed by atoms with Gasteiger partial charge in [0.1, 0.15) is 5.82 Å². The molecule has 0 saturated heterocycles. The van der Waals surface area contributed by atoms with Gasteiger partial charge in [0.15, 0.2) is 5.78 Å². The highest BCUT2D eigenvalue weighted by Crippen LogP contribution is 2.18. The Balaban J connectivity index is 1.65. The molecule has 27 heavy (non-hydrogen) atoms. The molecule has 0 spiro atoms. The van der Waals surface area contributed by atoms with Crippen molar-refractivity contribution in [2.75, 3.05) is 5.32 Å². The molecule has 0 bridgehead atoms. The molecule has 1 amide bonds. The van der Waals surface area contributed by atoms with Crippen molar-refractivity contribution < 1.29 is 9.59 Å². The number of rotatable bonds is 6. The number of anilines is 1. The summed E-state index contributed by atoms with van der Waals surface area (Å²) >= 11 is 0. The number of nitrogens with zero attached hydrogens (tertiary/aromatic N) is 2. The van der Waals surface area contributed by atoms with Crippen molar-refractivity contribution in [1.82, 2.24) is 9.78 Å². The lowest BCUT2D eigenvalue weighted by atomic mass is 10.0. The minimum Gasteiger partial charge on any atom is -0.311 e. The van der Waals surface area contributed by atoms with Crippen molar-refractivity contribution in [3.63, 3.8) is 0 Å². The summed E-state index contributed by atoms with van der Waals surface area (Å²) in [6.45, 7) is 5.86. The van der Waals surface area contributed by atoms with Gasteiger partial charge in [-0.3, -0.25) is 9.59 Å². The number of hydrogen-bond acceptors (Lipinski definition) is 3. The Kier molecular flexibility index (Phi) is 5.50. The predicted molar refractivity (Wildman–Crippen MR) is 106 cm³/mol. The molecule has 0 saturated carbocycles. The lowest BCUT2D eigenvalue weighted by molar-refractivity contribution is -0.116. The van der Waals surface area contributed by atoms with E-state index < -0.39 is 0 Å². The molecule has 1 aromatic heterocycles. The molecule has 1 N–H and O–H groups in total. The number of hydrogen-bond donors (Lipinski definition) is 1. The maximum Gasteiger partial charge on any atom is 0.225 e. The van der Waals surface area contributed by atoms with Crippen LogP contribution < -0.4 is 5.32 Å². The second-order valence-electron chi connectivity index (χ2n) is 6.69. The van der Waals surface area contributed by atoms with Gasteiger partial charge in [0.05, 0.1) is 11.4 Å². The second-order valence-corrected chi connectivity index (χ2v) is 6.69. The van der Waals surface area contributed by atoms with Crippen LogP contribution in [0.2, 0.25) is 0 Å². The van der Waals surface area contributed by atoms with Crippen molar-refractivity contribution in [3.8, 4) is 5.69 Å². The monoisotopic (exact) mass is 361 g/mol. The summed E-state index contributed by atoms with van der Waals surface area (Å²) in [5.41, 5.74) is 4.55. The fourth-order valence-corrected chi connectivity index (χ4v) is 2.85. The first-order valence-corrected chi connectivity index (χ1v) is 8.96. The van der Waals surface area contributed by atoms with E-state index in [9.17, 15) is 9.59 Å². The predicted octanol–water partition coefficient (Wildman–Crippen LogP) is 4.40. The molecule has 5 heteroatoms. The first-order valence-electron chi connectivity index (χ1n) is 8.96. The second kappa shape index (κ2) is 7.99. The molecular formula is C22H23N3O2. The van der Waals surface area contributed by atoms with Gasteiger partial charge in [-0.2, -0.15) is 5.10 Å². The molecule has 0 unspecified atom stereocenters. The molecule has 0 aliphatic rings. The van der Waals surface area contributed by atoms with Gasteiger partial charge in [-0.15, -0.1) is 0 Å². The van der Waals surface area contributed by atoms with E-state index in [4.69, 9.17) is 0 Å². The van der Waals surface area contributed by atoms with E-state index >= 15 is 0 Å². The SMILES string of the molecule is Cc1cc(NC(=O)CCC(=O)c2ccc(C)c(C)c2)n(-c2ccccc2)n1. The summed E-state index contributed by atoms with van der Waals surface area (Å²) in [5, 5.41) is 7.30. The van der Waals surface area contributed by atoms with Gasteiger partial charge in [0.25, 0.3) is 0 Å². The topological polar surface area (TPSA) is 64.0 Å². The fraction of sp³-hybridized carbons (Fsp3) is 0.227. The maximum atomic E-state index is 12.4. The largest absolute Gasteiger partial charge is 0.311 e. The Morgan fingerprint density at radius 2 is 1.67 bits per heavy atom. The van der Waals surface area contributed by atoms with E-state index in [1.165, 1.54) is 0 Å². The Morgan fingerprint density at radius 1 is 0.926 bits per heavy atom. The van der Waals surface area contributed by atoms with Crippen LogP contribution in [0.4, 0.5) is 5.82 Å². The maximum absolute atomic E-state index is 12.4. The lowest BCUT2D eigenvalue weighted by Crippen LogP contribution is -2.16. The molecule has 0 aliphatic heterocycles. The molecule has 0 radical (unpaired) electrons. The number of amides is 1. The number of aromatic nitrogens is 2. The van der Waals surface area contributed by atoms with E-state index in [1.807, 2.05) is 75.4 Å². The van der Waals surface area contributed by atoms with Gasteiger partial charge in [0, 0.05) is 24.5 Å². The van der Waals surface area contributed by atoms with E-state index in [0.29, 0.717) is 11.4 Å². The van der Waals surface area contributed by atoms with Crippen LogP contribution in [0.15, 0.2) is 54.6 Å². The Hall–Kier alpha value is -3.21. The van der Waals surface area contributed by atoms with Crippen LogP contribution in [0, 0.1) is 20.8 Å². The zero-order valence-corrected chi connectivity index (χ0v) is 15.8. The molecular weight excluding hydrogens is 338 g/mol. The van der Waals surface area contributed by atoms with Crippen LogP contribution in [0.1, 0.15) is 40.0 Å². The van der Waals surface area contributed by atoms with Crippen LogP contribution in [0.25, 0.3) is 5.69 Å². The van der Waals surface area contributed by atoms with E-state index in [2.05, 4.69) is 10.4 Å². The van der Waals surface area contributed by atoms with E-state index in [1.54, 1.807) is 4.68 Å². The summed E-state index contributed by atoms with van der Waals surface area (Å²) in [6.07, 6.45) is 0.303. The third-order valence-corrected chi connectivity index (χ3v) is 4.51. The number of para-hydroxylation sites is 1. The summed E-state index contributed by atoms with van der Waals surface area (Å²) in [7, 11) is 0. The molecule has 0 atom stereocenters. The molecule has 0 fully saturated rings. The Morgan fingerprint density at radius 3 is 2.37 bits per heavy atom. The highest BCUT2D eigenvalue weighted by Gasteiger charge is 2.13. The number of nitrogens with one attached hydrogen (secondary N) is 1. The first-order chi connectivity index (χ1) is 12.9. The van der Waals surface area contributed by atoms with E-state index in [-0.39, 0.29) is 24.5 Å². The van der Waals surface area contributed by atoms with Crippen molar-refractivity contribution in [3.05, 3.63) is 77.0 Å². The van der Waals surface area contributed by atoms with Gasteiger partial charge in [-0.25, -0.2) is 4.68 Å². The van der Waals surface area contributed by atoms with Crippen molar-refractivity contribution in [2.45, 2.75) is 33.6 Å². The standard InChI is InChI=1S/C22H23N3O2/c1-15-9-10-18(13-16(15)2)20(26)11-12-22(27)23-21-14-17(3)24-25(21)19-7-5-4-6-8-19/h4-10,13-14H,11-12H2,1-3H3,(H,23,27). The van der Waals surface area contributed by atoms with Crippen molar-refractivity contribution >= 4 is 17.5 Å². The average molecular weight is 361 g/mol. The highest BCUT2D eigenvalue weighted by molar-refractivity contribution is 6.00. The number of aryl methyl sites for hydroxylation is 3. The number of Topliss-reactive ketones (excluding diaryl/α,β-unsaturated/α-hetero) is 1. The minimum atomic E-state index is -0.204. The molecule has 5 nitrogen and oxygen atoms in total. The van der Waals surface area contributed by atoms with Crippen LogP contribution in [0.3, 0.4) is 0 Å². The quantitative estimate of drug-likeness (QED) is 0.662. The Bertz CT molecular complexity index is 974. The smallest absolute Gasteiger partial charge is 0.225 e. The number of ketones is 1. The molecule has 0 aliphatic carbocycles. The highest BCUT2D eigenvalue weighted by atomic mass is 16.2. The molecule has 2 aromatic carbocycles.